The van der Waals surface area contributed by atoms with Crippen molar-refractivity contribution < 1.29 is 14.7 Å². The van der Waals surface area contributed by atoms with Gasteiger partial charge in [-0.25, -0.2) is 0 Å². The van der Waals surface area contributed by atoms with Crippen LogP contribution in [0.25, 0.3) is 0 Å². The normalized spacial score (nSPS) is 23.1. The molecule has 0 bridgehead atoms. The van der Waals surface area contributed by atoms with Gasteiger partial charge in [-0.1, -0.05) is 25.3 Å². The molecule has 0 spiro atoms. The number of carboxylic acids is 1. The van der Waals surface area contributed by atoms with Crippen LogP contribution in [0.5, 0.6) is 0 Å². The minimum Gasteiger partial charge on any atom is -0.480 e. The molecule has 1 aliphatic rings. The highest BCUT2D eigenvalue weighted by molar-refractivity contribution is 7.08. The Balaban J connectivity index is 2.23. The highest BCUT2D eigenvalue weighted by atomic mass is 32.1. The van der Waals surface area contributed by atoms with Crippen LogP contribution in [0.1, 0.15) is 42.6 Å². The Kier molecular flexibility index (Phi) is 3.55. The molecular weight excluding hydrogens is 280 g/mol. The lowest BCUT2D eigenvalue weighted by atomic mass is 9.91. The van der Waals surface area contributed by atoms with Gasteiger partial charge in [0.2, 0.25) is 0 Å². The number of nitrogens with zero attached hydrogens (tertiary/aromatic N) is 3. The smallest absolute Gasteiger partial charge is 0.325 e. The molecule has 1 unspecified atom stereocenters. The summed E-state index contributed by atoms with van der Waals surface area (Å²) >= 11 is 1.04. The molecule has 2 rings (SSSR count). The molecule has 1 amide bonds. The highest BCUT2D eigenvalue weighted by Crippen LogP contribution is 2.29. The lowest BCUT2D eigenvalue weighted by Crippen LogP contribution is -2.50. The average Bonchev–Trinajstić information content (AvgIpc) is 2.94. The first-order valence-corrected chi connectivity index (χ1v) is 7.07. The zero-order valence-corrected chi connectivity index (χ0v) is 12.5. The van der Waals surface area contributed by atoms with Crippen LogP contribution in [0, 0.1) is 0 Å². The van der Waals surface area contributed by atoms with Crippen LogP contribution in [0.15, 0.2) is 0 Å². The Morgan fingerprint density at radius 1 is 1.45 bits per heavy atom. The molecule has 8 heteroatoms. The molecule has 1 atom stereocenters. The summed E-state index contributed by atoms with van der Waals surface area (Å²) < 4.78 is 3.85. The first kappa shape index (κ1) is 14.9. The number of hydrogen-bond donors (Lipinski definition) is 2. The first-order valence-electron chi connectivity index (χ1n) is 6.29. The second-order valence-electron chi connectivity index (χ2n) is 6.14. The number of likely N-dealkylation sites (tertiary alicyclic amines) is 1. The second-order valence-corrected chi connectivity index (χ2v) is 6.89. The van der Waals surface area contributed by atoms with Crippen LogP contribution in [-0.2, 0) is 10.2 Å². The number of carbonyl (C=O) groups is 2. The molecule has 0 radical (unpaired) electrons. The summed E-state index contributed by atoms with van der Waals surface area (Å²) in [6, 6.07) is 0. The molecular formula is C12H18N4O3S. The van der Waals surface area contributed by atoms with E-state index < -0.39 is 11.5 Å². The van der Waals surface area contributed by atoms with E-state index in [-0.39, 0.29) is 24.3 Å². The molecule has 0 saturated carbocycles. The number of carbonyl (C=O) groups excluding carboxylic acids is 1. The molecule has 1 saturated heterocycles. The van der Waals surface area contributed by atoms with E-state index in [9.17, 15) is 9.59 Å². The number of carboxylic acid groups (broad SMARTS) is 1. The number of rotatable bonds is 2. The van der Waals surface area contributed by atoms with Crippen LogP contribution in [-0.4, -0.2) is 50.1 Å². The van der Waals surface area contributed by atoms with E-state index in [1.165, 1.54) is 4.90 Å². The molecule has 1 aliphatic heterocycles. The second kappa shape index (κ2) is 4.78. The Labute approximate surface area is 120 Å². The fourth-order valence-electron chi connectivity index (χ4n) is 2.15. The predicted molar refractivity (Wildman–Crippen MR) is 73.7 cm³/mol. The summed E-state index contributed by atoms with van der Waals surface area (Å²) in [4.78, 5) is 25.5. The Hall–Kier alpha value is -1.54. The maximum absolute atomic E-state index is 12.5. The lowest BCUT2D eigenvalue weighted by Gasteiger charge is -2.21. The Morgan fingerprint density at radius 2 is 2.10 bits per heavy atom. The van der Waals surface area contributed by atoms with Crippen LogP contribution in [0.2, 0.25) is 0 Å². The quantitative estimate of drug-likeness (QED) is 0.821. The van der Waals surface area contributed by atoms with Gasteiger partial charge in [-0.2, -0.15) is 0 Å². The summed E-state index contributed by atoms with van der Waals surface area (Å²) in [6.07, 6.45) is 0.255. The summed E-state index contributed by atoms with van der Waals surface area (Å²) in [5.41, 5.74) is 4.78. The van der Waals surface area contributed by atoms with Gasteiger partial charge in [-0.15, -0.1) is 5.10 Å². The van der Waals surface area contributed by atoms with Crippen molar-refractivity contribution in [3.8, 4) is 0 Å². The van der Waals surface area contributed by atoms with E-state index in [0.29, 0.717) is 17.1 Å². The number of nitrogens with two attached hydrogens (primary N) is 1. The highest BCUT2D eigenvalue weighted by Gasteiger charge is 2.44. The van der Waals surface area contributed by atoms with E-state index >= 15 is 0 Å². The van der Waals surface area contributed by atoms with Crippen LogP contribution in [0.3, 0.4) is 0 Å². The fourth-order valence-corrected chi connectivity index (χ4v) is 2.99. The van der Waals surface area contributed by atoms with Crippen LogP contribution < -0.4 is 5.73 Å². The SMILES string of the molecule is CC(C)(C)c1nnsc1C(=O)N1CCC(N)(C(=O)O)C1. The van der Waals surface area contributed by atoms with Crippen molar-refractivity contribution in [2.45, 2.75) is 38.1 Å². The number of hydrogen-bond acceptors (Lipinski definition) is 6. The van der Waals surface area contributed by atoms with Gasteiger partial charge in [0.1, 0.15) is 10.4 Å². The summed E-state index contributed by atoms with van der Waals surface area (Å²) in [6.45, 7) is 6.21. The number of amides is 1. The molecule has 2 heterocycles. The number of aromatic nitrogens is 2. The van der Waals surface area contributed by atoms with Gasteiger partial charge in [0.25, 0.3) is 5.91 Å². The standard InChI is InChI=1S/C12H18N4O3S/c1-11(2,3)8-7(20-15-14-8)9(17)16-5-4-12(13,6-16)10(18)19/h4-6,13H2,1-3H3,(H,18,19). The largest absolute Gasteiger partial charge is 0.480 e. The van der Waals surface area contributed by atoms with Crippen molar-refractivity contribution in [2.75, 3.05) is 13.1 Å². The topological polar surface area (TPSA) is 109 Å². The van der Waals surface area contributed by atoms with Crippen molar-refractivity contribution in [2.24, 2.45) is 5.73 Å². The van der Waals surface area contributed by atoms with Crippen molar-refractivity contribution in [1.82, 2.24) is 14.5 Å². The molecule has 1 aromatic rings. The minimum absolute atomic E-state index is 0.0165. The van der Waals surface area contributed by atoms with Gasteiger partial charge in [0.05, 0.1) is 5.69 Å². The van der Waals surface area contributed by atoms with E-state index in [1.54, 1.807) is 0 Å². The summed E-state index contributed by atoms with van der Waals surface area (Å²) in [5.74, 6) is -1.32. The van der Waals surface area contributed by atoms with Gasteiger partial charge in [-0.3, -0.25) is 9.59 Å². The average molecular weight is 298 g/mol. The Morgan fingerprint density at radius 3 is 2.60 bits per heavy atom. The molecule has 110 valence electrons. The van der Waals surface area contributed by atoms with Crippen molar-refractivity contribution in [1.29, 1.82) is 0 Å². The van der Waals surface area contributed by atoms with Gasteiger partial charge >= 0.3 is 5.97 Å². The van der Waals surface area contributed by atoms with Crippen molar-refractivity contribution >= 4 is 23.4 Å². The zero-order valence-electron chi connectivity index (χ0n) is 11.7. The molecule has 0 aliphatic carbocycles. The Bertz CT molecular complexity index is 551. The van der Waals surface area contributed by atoms with Crippen LogP contribution >= 0.6 is 11.5 Å². The van der Waals surface area contributed by atoms with Crippen LogP contribution in [0.4, 0.5) is 0 Å². The third kappa shape index (κ3) is 2.53. The monoisotopic (exact) mass is 298 g/mol. The maximum atomic E-state index is 12.5. The van der Waals surface area contributed by atoms with E-state index in [0.717, 1.165) is 11.5 Å². The zero-order chi connectivity index (χ0) is 15.1. The van der Waals surface area contributed by atoms with Gasteiger partial charge in [0.15, 0.2) is 0 Å². The molecule has 7 nitrogen and oxygen atoms in total. The van der Waals surface area contributed by atoms with Crippen molar-refractivity contribution in [3.05, 3.63) is 10.6 Å². The van der Waals surface area contributed by atoms with E-state index in [1.807, 2.05) is 20.8 Å². The van der Waals surface area contributed by atoms with E-state index in [2.05, 4.69) is 9.59 Å². The minimum atomic E-state index is -1.35. The van der Waals surface area contributed by atoms with Gasteiger partial charge < -0.3 is 15.7 Å². The van der Waals surface area contributed by atoms with E-state index in [4.69, 9.17) is 10.8 Å². The van der Waals surface area contributed by atoms with Gasteiger partial charge in [-0.05, 0) is 18.0 Å². The van der Waals surface area contributed by atoms with Gasteiger partial charge in [0, 0.05) is 18.5 Å². The third-order valence-corrected chi connectivity index (χ3v) is 4.12. The predicted octanol–water partition coefficient (Wildman–Crippen LogP) is 0.464. The lowest BCUT2D eigenvalue weighted by molar-refractivity contribution is -0.142. The molecule has 3 N–H and O–H groups in total. The molecule has 0 aromatic carbocycles. The molecule has 1 aromatic heterocycles. The molecule has 1 fully saturated rings. The maximum Gasteiger partial charge on any atom is 0.325 e. The first-order chi connectivity index (χ1) is 9.15. The third-order valence-electron chi connectivity index (χ3n) is 3.41. The summed E-state index contributed by atoms with van der Waals surface area (Å²) in [7, 11) is 0. The number of aliphatic carboxylic acids is 1. The molecule has 20 heavy (non-hydrogen) atoms. The summed E-state index contributed by atoms with van der Waals surface area (Å²) in [5, 5.41) is 13.1. The fraction of sp³-hybridized carbons (Fsp3) is 0.667. The van der Waals surface area contributed by atoms with Crippen molar-refractivity contribution in [3.63, 3.8) is 0 Å².